The van der Waals surface area contributed by atoms with Gasteiger partial charge in [-0.3, -0.25) is 47.4 Å². The first-order chi connectivity index (χ1) is 24.3. The second-order valence-electron chi connectivity index (χ2n) is 18.2. The number of nitrogens with one attached hydrogen (secondary N) is 9. The molecule has 11 nitrogen and oxygen atoms in total. The van der Waals surface area contributed by atoms with Gasteiger partial charge in [-0.2, -0.15) is 5.06 Å². The van der Waals surface area contributed by atoms with Crippen LogP contribution in [0.15, 0.2) is 0 Å². The number of hydrogen-bond acceptors (Lipinski definition) is 11. The number of fused-ring (bicyclic) bond motifs is 20. The van der Waals surface area contributed by atoms with Crippen LogP contribution >= 0.6 is 0 Å². The molecule has 17 unspecified atom stereocenters. The zero-order chi connectivity index (χ0) is 32.3. The Morgan fingerprint density at radius 2 is 0.780 bits per heavy atom. The van der Waals surface area contributed by atoms with Crippen LogP contribution < -0.4 is 47.9 Å². The van der Waals surface area contributed by atoms with Gasteiger partial charge in [-0.15, -0.1) is 0 Å². The van der Waals surface area contributed by atoms with Gasteiger partial charge in [0.15, 0.2) is 0 Å². The van der Waals surface area contributed by atoms with E-state index in [1.54, 1.807) is 0 Å². The molecule has 17 atom stereocenters. The van der Waals surface area contributed by atoms with Gasteiger partial charge in [-0.1, -0.05) is 44.9 Å². The second kappa shape index (κ2) is 15.7. The summed E-state index contributed by atoms with van der Waals surface area (Å²) in [6.45, 7) is 4.94. The van der Waals surface area contributed by atoms with Crippen LogP contribution in [0.25, 0.3) is 0 Å². The number of piperazine rings is 1. The monoisotopic (exact) mass is 744 g/mol. The molecule has 4 aliphatic carbocycles. The molecule has 50 heavy (non-hydrogen) atoms. The Balaban J connectivity index is 0.00000336. The molecular weight excluding hydrogens is 678 g/mol. The second-order valence-corrected chi connectivity index (χ2v) is 18.2. The van der Waals surface area contributed by atoms with Gasteiger partial charge < -0.3 is 5.32 Å². The van der Waals surface area contributed by atoms with Crippen molar-refractivity contribution in [1.29, 1.82) is 0 Å². The van der Waals surface area contributed by atoms with Crippen LogP contribution in [0.3, 0.4) is 0 Å². The van der Waals surface area contributed by atoms with Crippen LogP contribution in [0.1, 0.15) is 103 Å². The maximum Gasteiger partial charge on any atom is 0.0687 e. The van der Waals surface area contributed by atoms with E-state index in [0.717, 1.165) is 44.6 Å². The van der Waals surface area contributed by atoms with Crippen molar-refractivity contribution in [2.75, 3.05) is 32.8 Å². The fourth-order valence-corrected chi connectivity index (χ4v) is 13.6. The summed E-state index contributed by atoms with van der Waals surface area (Å²) in [5, 5.41) is 40.0. The summed E-state index contributed by atoms with van der Waals surface area (Å²) in [5.74, 6) is 6.25. The van der Waals surface area contributed by atoms with Crippen molar-refractivity contribution in [3.63, 3.8) is 0 Å². The van der Waals surface area contributed by atoms with Crippen LogP contribution in [-0.2, 0) is 24.3 Å². The van der Waals surface area contributed by atoms with E-state index in [-0.39, 0.29) is 19.5 Å². The molecule has 0 aromatic heterocycles. The van der Waals surface area contributed by atoms with Crippen molar-refractivity contribution in [2.24, 2.45) is 53.3 Å². The molecule has 0 spiro atoms. The smallest absolute Gasteiger partial charge is 0.0687 e. The summed E-state index contributed by atoms with van der Waals surface area (Å²) in [6, 6.07) is 0. The van der Waals surface area contributed by atoms with E-state index >= 15 is 0 Å². The number of hydroxylamine groups is 2. The van der Waals surface area contributed by atoms with Gasteiger partial charge in [0.1, 0.15) is 0 Å². The predicted molar refractivity (Wildman–Crippen MR) is 191 cm³/mol. The van der Waals surface area contributed by atoms with Crippen LogP contribution in [0, 0.1) is 53.3 Å². The third-order valence-electron chi connectivity index (χ3n) is 15.9. The molecule has 4 saturated carbocycles. The van der Waals surface area contributed by atoms with E-state index in [0.29, 0.717) is 90.8 Å². The summed E-state index contributed by atoms with van der Waals surface area (Å²) < 4.78 is 0. The zero-order valence-electron chi connectivity index (χ0n) is 30.7. The molecule has 0 radical (unpaired) electrons. The SMILES string of the molecule is C1CCC2C3NC(NC4NC(NC5NC(NC6NC(N3)C3CCCCC63)C3C(CCON6CCNCC6)CCCC53)C3CCCCC43)C2C1.[Zn]. The third-order valence-corrected chi connectivity index (χ3v) is 15.9. The minimum atomic E-state index is 0. The summed E-state index contributed by atoms with van der Waals surface area (Å²) in [7, 11) is 0. The van der Waals surface area contributed by atoms with Gasteiger partial charge in [0.2, 0.25) is 0 Å². The maximum absolute atomic E-state index is 6.39. The Bertz CT molecular complexity index is 1130. The predicted octanol–water partition coefficient (Wildman–Crippen LogP) is 2.06. The van der Waals surface area contributed by atoms with Crippen molar-refractivity contribution in [1.82, 2.24) is 52.9 Å². The van der Waals surface area contributed by atoms with Crippen LogP contribution in [0.2, 0.25) is 0 Å². The molecule has 6 saturated heterocycles. The van der Waals surface area contributed by atoms with Crippen molar-refractivity contribution < 1.29 is 24.3 Å². The van der Waals surface area contributed by atoms with Crippen molar-refractivity contribution in [3.8, 4) is 0 Å². The Morgan fingerprint density at radius 1 is 0.420 bits per heavy atom. The molecule has 12 heteroatoms. The van der Waals surface area contributed by atoms with Gasteiger partial charge in [0.25, 0.3) is 0 Å². The standard InChI is InChI=1S/C38H68N10O.Zn/c1-2-10-24-23(9-1)31-40-32(24)42-34-27-13-5-6-14-28(27)36(44-34)46-38-30-22(16-21-49-48-19-17-39-18-20-48)8-7-15-29(30)37(47-38)45-35-26-12-4-3-11-25(26)33(41-31)43-35;/h22-47H,1-21H2;. The minimum absolute atomic E-state index is 0. The first-order valence-corrected chi connectivity index (χ1v) is 21.4. The maximum atomic E-state index is 6.39. The minimum Gasteiger partial charge on any atom is -0.314 e. The van der Waals surface area contributed by atoms with Crippen molar-refractivity contribution >= 4 is 0 Å². The normalized spacial score (nSPS) is 52.0. The molecule has 0 aromatic rings. The Hall–Kier alpha value is 0.183. The van der Waals surface area contributed by atoms with Gasteiger partial charge >= 0.3 is 0 Å². The molecule has 0 amide bonds. The third kappa shape index (κ3) is 6.85. The Morgan fingerprint density at radius 3 is 1.20 bits per heavy atom. The van der Waals surface area contributed by atoms with Gasteiger partial charge in [0, 0.05) is 45.7 Å². The van der Waals surface area contributed by atoms with E-state index < -0.39 is 0 Å². The zero-order valence-corrected chi connectivity index (χ0v) is 33.7. The van der Waals surface area contributed by atoms with Crippen molar-refractivity contribution in [2.45, 2.75) is 152 Å². The Kier molecular flexibility index (Phi) is 11.3. The van der Waals surface area contributed by atoms with Crippen LogP contribution in [0.4, 0.5) is 0 Å². The Labute approximate surface area is 314 Å². The van der Waals surface area contributed by atoms with Crippen LogP contribution in [0.5, 0.6) is 0 Å². The molecular formula is C38H68N10OZn. The van der Waals surface area contributed by atoms with Crippen molar-refractivity contribution in [3.05, 3.63) is 0 Å². The molecule has 8 bridgehead atoms. The van der Waals surface area contributed by atoms with Gasteiger partial charge in [0.05, 0.1) is 55.9 Å². The fraction of sp³-hybridized carbons (Fsp3) is 1.00. The van der Waals surface area contributed by atoms with Gasteiger partial charge in [-0.05, 0) is 111 Å². The number of rotatable bonds is 4. The fourth-order valence-electron chi connectivity index (χ4n) is 13.6. The molecule has 278 valence electrons. The van der Waals surface area contributed by atoms with Gasteiger partial charge in [-0.25, -0.2) is 0 Å². The molecule has 9 N–H and O–H groups in total. The van der Waals surface area contributed by atoms with E-state index in [2.05, 4.69) is 52.9 Å². The quantitative estimate of drug-likeness (QED) is 0.197. The molecule has 10 fully saturated rings. The van der Waals surface area contributed by atoms with Crippen LogP contribution in [-0.4, -0.2) is 87.2 Å². The average molecular weight is 746 g/mol. The number of hydrogen-bond donors (Lipinski definition) is 9. The molecule has 10 aliphatic rings. The topological polar surface area (TPSA) is 121 Å². The van der Waals surface area contributed by atoms with E-state index in [1.807, 2.05) is 0 Å². The molecule has 6 aliphatic heterocycles. The summed E-state index contributed by atoms with van der Waals surface area (Å²) in [6.07, 6.45) is 24.6. The van der Waals surface area contributed by atoms with E-state index in [1.165, 1.54) is 103 Å². The summed E-state index contributed by atoms with van der Waals surface area (Å²) in [5.41, 5.74) is 0. The summed E-state index contributed by atoms with van der Waals surface area (Å²) in [4.78, 5) is 6.39. The molecule has 10 rings (SSSR count). The molecule has 6 heterocycles. The summed E-state index contributed by atoms with van der Waals surface area (Å²) >= 11 is 0. The largest absolute Gasteiger partial charge is 0.314 e. The first-order valence-electron chi connectivity index (χ1n) is 21.4. The van der Waals surface area contributed by atoms with E-state index in [9.17, 15) is 0 Å². The average Bonchev–Trinajstić information content (AvgIpc) is 3.88. The molecule has 0 aromatic carbocycles. The first kappa shape index (κ1) is 35.9. The van der Waals surface area contributed by atoms with E-state index in [4.69, 9.17) is 4.84 Å². The number of nitrogens with zero attached hydrogens (tertiary/aromatic N) is 1.